The first-order chi connectivity index (χ1) is 15.9. The normalized spacial score (nSPS) is 11.4. The van der Waals surface area contributed by atoms with Gasteiger partial charge in [-0.15, -0.1) is 12.4 Å². The summed E-state index contributed by atoms with van der Waals surface area (Å²) in [6.45, 7) is 0.587. The van der Waals surface area contributed by atoms with Gasteiger partial charge in [-0.25, -0.2) is 9.78 Å². The van der Waals surface area contributed by atoms with Crippen molar-refractivity contribution >= 4 is 51.7 Å². The number of carbonyl (C=O) groups excluding carboxylic acids is 1. The van der Waals surface area contributed by atoms with Crippen LogP contribution in [0.3, 0.4) is 0 Å². The second kappa shape index (κ2) is 9.11. The molecular weight excluding hydrogens is 467 g/mol. The van der Waals surface area contributed by atoms with Crippen molar-refractivity contribution in [1.29, 1.82) is 0 Å². The first kappa shape index (κ1) is 23.2. The van der Waals surface area contributed by atoms with Crippen LogP contribution in [0.4, 0.5) is 29.3 Å². The number of benzene rings is 2. The number of pyridine rings is 1. The number of urea groups is 1. The molecule has 0 saturated carbocycles. The van der Waals surface area contributed by atoms with E-state index in [9.17, 15) is 18.0 Å². The molecule has 174 valence electrons. The number of halogens is 4. The Kier molecular flexibility index (Phi) is 6.21. The highest BCUT2D eigenvalue weighted by atomic mass is 35.5. The molecule has 3 heterocycles. The number of anilines is 2. The highest BCUT2D eigenvalue weighted by Gasteiger charge is 2.33. The predicted octanol–water partition coefficient (Wildman–Crippen LogP) is 6.65. The van der Waals surface area contributed by atoms with E-state index in [-0.39, 0.29) is 18.1 Å². The average Bonchev–Trinajstić information content (AvgIpc) is 3.39. The Morgan fingerprint density at radius 1 is 0.941 bits per heavy atom. The maximum atomic E-state index is 13.2. The van der Waals surface area contributed by atoms with E-state index in [4.69, 9.17) is 0 Å². The molecule has 2 amide bonds. The van der Waals surface area contributed by atoms with Gasteiger partial charge >= 0.3 is 12.2 Å². The van der Waals surface area contributed by atoms with E-state index in [0.29, 0.717) is 12.2 Å². The SMILES string of the molecule is Cl.O=C(Nc1ccccc1C(F)(F)F)Nc1cccc2c1ccn2Cc1c[nH]c2ncccc12. The smallest absolute Gasteiger partial charge is 0.346 e. The largest absolute Gasteiger partial charge is 0.418 e. The molecule has 0 radical (unpaired) electrons. The van der Waals surface area contributed by atoms with Gasteiger partial charge in [0.05, 0.1) is 22.5 Å². The molecule has 0 saturated heterocycles. The van der Waals surface area contributed by atoms with Crippen LogP contribution in [0.2, 0.25) is 0 Å². The zero-order valence-electron chi connectivity index (χ0n) is 17.6. The van der Waals surface area contributed by atoms with Crippen LogP contribution in [-0.2, 0) is 12.7 Å². The third-order valence-corrected chi connectivity index (χ3v) is 5.42. The van der Waals surface area contributed by atoms with Gasteiger partial charge in [-0.3, -0.25) is 0 Å². The third-order valence-electron chi connectivity index (χ3n) is 5.42. The number of alkyl halides is 3. The number of H-pyrrole nitrogens is 1. The number of nitrogens with one attached hydrogen (secondary N) is 3. The Balaban J connectivity index is 0.00000274. The summed E-state index contributed by atoms with van der Waals surface area (Å²) in [7, 11) is 0. The molecule has 6 nitrogen and oxygen atoms in total. The van der Waals surface area contributed by atoms with Crippen molar-refractivity contribution in [3.8, 4) is 0 Å². The van der Waals surface area contributed by atoms with Crippen molar-refractivity contribution in [3.63, 3.8) is 0 Å². The lowest BCUT2D eigenvalue weighted by atomic mass is 10.1. The second-order valence-electron chi connectivity index (χ2n) is 7.52. The molecule has 0 fully saturated rings. The lowest BCUT2D eigenvalue weighted by molar-refractivity contribution is -0.136. The molecule has 0 aliphatic heterocycles. The van der Waals surface area contributed by atoms with E-state index in [2.05, 4.69) is 20.6 Å². The third kappa shape index (κ3) is 4.42. The number of aromatic nitrogens is 3. The van der Waals surface area contributed by atoms with Crippen molar-refractivity contribution in [2.75, 3.05) is 10.6 Å². The fourth-order valence-electron chi connectivity index (χ4n) is 3.91. The minimum atomic E-state index is -4.57. The molecule has 0 atom stereocenters. The van der Waals surface area contributed by atoms with E-state index in [1.807, 2.05) is 41.2 Å². The van der Waals surface area contributed by atoms with E-state index < -0.39 is 17.8 Å². The summed E-state index contributed by atoms with van der Waals surface area (Å²) < 4.78 is 41.7. The number of fused-ring (bicyclic) bond motifs is 2. The van der Waals surface area contributed by atoms with Crippen LogP contribution in [0.1, 0.15) is 11.1 Å². The van der Waals surface area contributed by atoms with Gasteiger partial charge in [0.15, 0.2) is 0 Å². The second-order valence-corrected chi connectivity index (χ2v) is 7.52. The maximum Gasteiger partial charge on any atom is 0.418 e. The van der Waals surface area contributed by atoms with E-state index in [0.717, 1.165) is 33.6 Å². The van der Waals surface area contributed by atoms with Gasteiger partial charge in [-0.2, -0.15) is 13.2 Å². The number of aromatic amines is 1. The highest BCUT2D eigenvalue weighted by Crippen LogP contribution is 2.34. The molecule has 0 unspecified atom stereocenters. The number of hydrogen-bond donors (Lipinski definition) is 3. The van der Waals surface area contributed by atoms with Crippen molar-refractivity contribution in [1.82, 2.24) is 14.5 Å². The maximum absolute atomic E-state index is 13.2. The minimum Gasteiger partial charge on any atom is -0.346 e. The molecule has 10 heteroatoms. The Morgan fingerprint density at radius 2 is 1.71 bits per heavy atom. The van der Waals surface area contributed by atoms with Gasteiger partial charge < -0.3 is 20.2 Å². The lowest BCUT2D eigenvalue weighted by Crippen LogP contribution is -2.21. The molecule has 5 rings (SSSR count). The molecule has 0 spiro atoms. The van der Waals surface area contributed by atoms with Gasteiger partial charge in [0.2, 0.25) is 0 Å². The highest BCUT2D eigenvalue weighted by molar-refractivity contribution is 6.06. The molecule has 2 aromatic carbocycles. The summed E-state index contributed by atoms with van der Waals surface area (Å²) in [5.74, 6) is 0. The Hall–Kier alpha value is -3.98. The average molecular weight is 486 g/mol. The monoisotopic (exact) mass is 485 g/mol. The molecule has 3 aromatic heterocycles. The summed E-state index contributed by atoms with van der Waals surface area (Å²) in [6, 6.07) is 15.3. The van der Waals surface area contributed by atoms with E-state index in [1.165, 1.54) is 18.2 Å². The molecule has 0 aliphatic carbocycles. The molecule has 3 N–H and O–H groups in total. The standard InChI is InChI=1S/C24H18F3N5O.ClH/c25-24(26,27)18-6-1-2-7-20(18)31-23(33)30-19-8-3-9-21-17(19)10-12-32(21)14-15-13-29-22-16(15)5-4-11-28-22;/h1-13H,14H2,(H,28,29)(H2,30,31,33);1H. The Labute approximate surface area is 198 Å². The van der Waals surface area contributed by atoms with Crippen LogP contribution in [0.25, 0.3) is 21.9 Å². The zero-order chi connectivity index (χ0) is 23.0. The van der Waals surface area contributed by atoms with E-state index in [1.54, 1.807) is 18.3 Å². The van der Waals surface area contributed by atoms with Crippen molar-refractivity contribution in [3.05, 3.63) is 90.4 Å². The number of amides is 2. The van der Waals surface area contributed by atoms with Crippen LogP contribution in [0.15, 0.2) is 79.3 Å². The summed E-state index contributed by atoms with van der Waals surface area (Å²) >= 11 is 0. The van der Waals surface area contributed by atoms with Gasteiger partial charge in [-0.05, 0) is 48.0 Å². The zero-order valence-corrected chi connectivity index (χ0v) is 18.4. The summed E-state index contributed by atoms with van der Waals surface area (Å²) in [5.41, 5.74) is 2.03. The molecule has 34 heavy (non-hydrogen) atoms. The number of hydrogen-bond acceptors (Lipinski definition) is 2. The first-order valence-electron chi connectivity index (χ1n) is 10.1. The topological polar surface area (TPSA) is 74.7 Å². The van der Waals surface area contributed by atoms with Gasteiger partial charge in [-0.1, -0.05) is 18.2 Å². The number of para-hydroxylation sites is 1. The minimum absolute atomic E-state index is 0. The van der Waals surface area contributed by atoms with Gasteiger partial charge in [0.25, 0.3) is 0 Å². The quantitative estimate of drug-likeness (QED) is 0.266. The molecule has 0 bridgehead atoms. The number of nitrogens with zero attached hydrogens (tertiary/aromatic N) is 2. The summed E-state index contributed by atoms with van der Waals surface area (Å²) in [6.07, 6.45) is 0.974. The summed E-state index contributed by atoms with van der Waals surface area (Å²) in [4.78, 5) is 20.0. The van der Waals surface area contributed by atoms with Crippen LogP contribution < -0.4 is 10.6 Å². The fourth-order valence-corrected chi connectivity index (χ4v) is 3.91. The molecule has 5 aromatic rings. The number of rotatable bonds is 4. The van der Waals surface area contributed by atoms with Crippen molar-refractivity contribution < 1.29 is 18.0 Å². The van der Waals surface area contributed by atoms with Gasteiger partial charge in [0, 0.05) is 35.9 Å². The summed E-state index contributed by atoms with van der Waals surface area (Å²) in [5, 5.41) is 6.77. The number of carbonyl (C=O) groups is 1. The first-order valence-corrected chi connectivity index (χ1v) is 10.1. The fraction of sp³-hybridized carbons (Fsp3) is 0.0833. The van der Waals surface area contributed by atoms with Crippen LogP contribution in [0, 0.1) is 0 Å². The van der Waals surface area contributed by atoms with Crippen molar-refractivity contribution in [2.24, 2.45) is 0 Å². The molecule has 0 aliphatic rings. The lowest BCUT2D eigenvalue weighted by Gasteiger charge is -2.14. The van der Waals surface area contributed by atoms with Crippen LogP contribution in [-0.4, -0.2) is 20.6 Å². The van der Waals surface area contributed by atoms with Gasteiger partial charge in [0.1, 0.15) is 5.65 Å². The van der Waals surface area contributed by atoms with Crippen LogP contribution >= 0.6 is 12.4 Å². The van der Waals surface area contributed by atoms with Crippen LogP contribution in [0.5, 0.6) is 0 Å². The Bertz CT molecular complexity index is 1470. The predicted molar refractivity (Wildman–Crippen MR) is 128 cm³/mol. The van der Waals surface area contributed by atoms with E-state index >= 15 is 0 Å². The molecular formula is C24H19ClF3N5O. The van der Waals surface area contributed by atoms with Crippen molar-refractivity contribution in [2.45, 2.75) is 12.7 Å². The Morgan fingerprint density at radius 3 is 2.53 bits per heavy atom.